The topological polar surface area (TPSA) is 81.3 Å². The zero-order chi connectivity index (χ0) is 14.0. The van der Waals surface area contributed by atoms with Crippen LogP contribution in [0, 0.1) is 22.0 Å². The highest BCUT2D eigenvalue weighted by atomic mass is 16.6. The first kappa shape index (κ1) is 13.5. The zero-order valence-corrected chi connectivity index (χ0v) is 11.2. The predicted molar refractivity (Wildman–Crippen MR) is 68.4 cm³/mol. The summed E-state index contributed by atoms with van der Waals surface area (Å²) in [7, 11) is 0. The second-order valence-electron chi connectivity index (χ2n) is 5.37. The van der Waals surface area contributed by atoms with E-state index in [0.717, 1.165) is 19.5 Å². The number of carbonyl (C=O) groups excluding carboxylic acids is 1. The van der Waals surface area contributed by atoms with Gasteiger partial charge in [-0.3, -0.25) is 4.79 Å². The number of hydrogen-bond donors (Lipinski definition) is 0. The Bertz CT molecular complexity index is 475. The molecule has 0 saturated carbocycles. The lowest BCUT2D eigenvalue weighted by atomic mass is 9.92. The van der Waals surface area contributed by atoms with Gasteiger partial charge in [-0.05, 0) is 23.2 Å². The molecule has 7 nitrogen and oxygen atoms in total. The smallest absolute Gasteiger partial charge is 0.358 e. The summed E-state index contributed by atoms with van der Waals surface area (Å²) in [4.78, 5) is 23.9. The van der Waals surface area contributed by atoms with Gasteiger partial charge in [0.25, 0.3) is 0 Å². The van der Waals surface area contributed by atoms with Crippen LogP contribution in [0.15, 0.2) is 12.3 Å². The van der Waals surface area contributed by atoms with Crippen LogP contribution >= 0.6 is 0 Å². The number of hydrogen-bond acceptors (Lipinski definition) is 4. The van der Waals surface area contributed by atoms with Gasteiger partial charge in [0.05, 0.1) is 17.4 Å². The summed E-state index contributed by atoms with van der Waals surface area (Å²) in [6.45, 7) is 5.84. The van der Waals surface area contributed by atoms with Crippen LogP contribution in [0.25, 0.3) is 0 Å². The zero-order valence-electron chi connectivity index (χ0n) is 11.2. The molecule has 19 heavy (non-hydrogen) atoms. The van der Waals surface area contributed by atoms with Gasteiger partial charge in [0.2, 0.25) is 5.91 Å². The molecule has 1 aliphatic heterocycles. The lowest BCUT2D eigenvalue weighted by Gasteiger charge is -2.34. The average Bonchev–Trinajstić information content (AvgIpc) is 2.76. The van der Waals surface area contributed by atoms with Crippen LogP contribution in [0.4, 0.5) is 5.82 Å². The molecule has 0 bridgehead atoms. The Hall–Kier alpha value is -1.92. The summed E-state index contributed by atoms with van der Waals surface area (Å²) < 4.78 is 1.32. The average molecular weight is 266 g/mol. The third-order valence-electron chi connectivity index (χ3n) is 3.33. The maximum Gasteiger partial charge on any atom is 0.389 e. The number of nitro groups is 1. The Morgan fingerprint density at radius 1 is 1.47 bits per heavy atom. The summed E-state index contributed by atoms with van der Waals surface area (Å²) >= 11 is 0. The fraction of sp³-hybridized carbons (Fsp3) is 0.667. The van der Waals surface area contributed by atoms with Crippen molar-refractivity contribution in [3.05, 3.63) is 22.4 Å². The fourth-order valence-corrected chi connectivity index (χ4v) is 2.64. The minimum atomic E-state index is -0.563. The molecule has 1 aromatic rings. The van der Waals surface area contributed by atoms with Crippen molar-refractivity contribution in [2.24, 2.45) is 11.8 Å². The minimum absolute atomic E-state index is 0.0311. The van der Waals surface area contributed by atoms with Gasteiger partial charge in [0.15, 0.2) is 0 Å². The third kappa shape index (κ3) is 3.30. The number of piperidine rings is 1. The van der Waals surface area contributed by atoms with E-state index in [-0.39, 0.29) is 18.3 Å². The predicted octanol–water partition coefficient (Wildman–Crippen LogP) is 1.30. The van der Waals surface area contributed by atoms with E-state index in [0.29, 0.717) is 11.8 Å². The number of likely N-dealkylation sites (tertiary alicyclic amines) is 1. The van der Waals surface area contributed by atoms with Gasteiger partial charge in [-0.25, -0.2) is 0 Å². The van der Waals surface area contributed by atoms with Crippen molar-refractivity contribution < 1.29 is 9.72 Å². The molecule has 2 atom stereocenters. The summed E-state index contributed by atoms with van der Waals surface area (Å²) in [6, 6.07) is 1.30. The summed E-state index contributed by atoms with van der Waals surface area (Å²) in [5.74, 6) is 0.740. The Kier molecular flexibility index (Phi) is 3.82. The van der Waals surface area contributed by atoms with E-state index >= 15 is 0 Å². The van der Waals surface area contributed by atoms with Crippen molar-refractivity contribution in [3.63, 3.8) is 0 Å². The van der Waals surface area contributed by atoms with Crippen molar-refractivity contribution >= 4 is 11.7 Å². The fourth-order valence-electron chi connectivity index (χ4n) is 2.64. The Morgan fingerprint density at radius 3 is 2.63 bits per heavy atom. The molecule has 1 aromatic heterocycles. The molecule has 2 rings (SSSR count). The van der Waals surface area contributed by atoms with Crippen molar-refractivity contribution in [1.82, 2.24) is 14.7 Å². The second kappa shape index (κ2) is 5.38. The largest absolute Gasteiger partial charge is 0.389 e. The molecule has 2 heterocycles. The molecule has 0 aliphatic carbocycles. The van der Waals surface area contributed by atoms with Gasteiger partial charge in [-0.15, -0.1) is 0 Å². The molecular formula is C12H18N4O3. The first-order valence-corrected chi connectivity index (χ1v) is 6.41. The highest BCUT2D eigenvalue weighted by molar-refractivity contribution is 5.76. The van der Waals surface area contributed by atoms with E-state index < -0.39 is 4.92 Å². The van der Waals surface area contributed by atoms with Crippen molar-refractivity contribution in [3.8, 4) is 0 Å². The molecule has 1 amide bonds. The van der Waals surface area contributed by atoms with Crippen molar-refractivity contribution in [2.45, 2.75) is 26.8 Å². The molecule has 7 heteroatoms. The van der Waals surface area contributed by atoms with Crippen LogP contribution in [-0.2, 0) is 11.3 Å². The van der Waals surface area contributed by atoms with E-state index in [1.54, 1.807) is 0 Å². The molecule has 2 unspecified atom stereocenters. The molecule has 0 aromatic carbocycles. The molecule has 104 valence electrons. The minimum Gasteiger partial charge on any atom is -0.358 e. The first-order valence-electron chi connectivity index (χ1n) is 6.41. The summed E-state index contributed by atoms with van der Waals surface area (Å²) in [5.41, 5.74) is 0. The monoisotopic (exact) mass is 266 g/mol. The highest BCUT2D eigenvalue weighted by Crippen LogP contribution is 2.21. The molecule has 0 spiro atoms. The molecule has 0 radical (unpaired) electrons. The molecular weight excluding hydrogens is 248 g/mol. The summed E-state index contributed by atoms with van der Waals surface area (Å²) in [5, 5.41) is 14.3. The number of rotatable bonds is 3. The molecule has 1 fully saturated rings. The first-order chi connectivity index (χ1) is 8.95. The third-order valence-corrected chi connectivity index (χ3v) is 3.33. The quantitative estimate of drug-likeness (QED) is 0.610. The second-order valence-corrected chi connectivity index (χ2v) is 5.37. The Morgan fingerprint density at radius 2 is 2.11 bits per heavy atom. The lowest BCUT2D eigenvalue weighted by Crippen LogP contribution is -2.44. The number of aromatic nitrogens is 2. The van der Waals surface area contributed by atoms with Gasteiger partial charge in [-0.2, -0.15) is 4.68 Å². The van der Waals surface area contributed by atoms with Crippen LogP contribution < -0.4 is 0 Å². The van der Waals surface area contributed by atoms with Gasteiger partial charge >= 0.3 is 5.82 Å². The number of carbonyl (C=O) groups is 1. The van der Waals surface area contributed by atoms with Gasteiger partial charge in [0.1, 0.15) is 6.54 Å². The van der Waals surface area contributed by atoms with Gasteiger partial charge < -0.3 is 15.0 Å². The van der Waals surface area contributed by atoms with Crippen LogP contribution in [0.5, 0.6) is 0 Å². The van der Waals surface area contributed by atoms with Crippen LogP contribution in [0.1, 0.15) is 20.3 Å². The molecule has 1 saturated heterocycles. The normalized spacial score (nSPS) is 23.4. The van der Waals surface area contributed by atoms with E-state index in [1.807, 2.05) is 4.90 Å². The van der Waals surface area contributed by atoms with E-state index in [2.05, 4.69) is 18.9 Å². The molecule has 0 N–H and O–H groups in total. The molecule has 1 aliphatic rings. The van der Waals surface area contributed by atoms with Crippen LogP contribution in [0.3, 0.4) is 0 Å². The summed E-state index contributed by atoms with van der Waals surface area (Å²) in [6.07, 6.45) is 2.60. The van der Waals surface area contributed by atoms with Crippen LogP contribution in [0.2, 0.25) is 0 Å². The van der Waals surface area contributed by atoms with E-state index in [4.69, 9.17) is 0 Å². The number of amides is 1. The highest BCUT2D eigenvalue weighted by Gasteiger charge is 2.26. The van der Waals surface area contributed by atoms with Crippen molar-refractivity contribution in [2.75, 3.05) is 13.1 Å². The Labute approximate surface area is 111 Å². The lowest BCUT2D eigenvalue weighted by molar-refractivity contribution is -0.389. The van der Waals surface area contributed by atoms with Crippen LogP contribution in [-0.4, -0.2) is 38.6 Å². The van der Waals surface area contributed by atoms with Gasteiger partial charge in [0, 0.05) is 13.1 Å². The Balaban J connectivity index is 1.98. The van der Waals surface area contributed by atoms with Gasteiger partial charge in [-0.1, -0.05) is 13.8 Å². The maximum absolute atomic E-state index is 12.1. The standard InChI is InChI=1S/C12H18N4O3/c1-9-5-10(2)7-14(6-9)12(17)8-15-4-3-11(13-15)16(18)19/h3-4,9-10H,5-8H2,1-2H3. The van der Waals surface area contributed by atoms with E-state index in [1.165, 1.54) is 16.9 Å². The SMILES string of the molecule is CC1CC(C)CN(C(=O)Cn2ccc([N+](=O)[O-])n2)C1. The number of nitrogens with zero attached hydrogens (tertiary/aromatic N) is 4. The van der Waals surface area contributed by atoms with E-state index in [9.17, 15) is 14.9 Å². The van der Waals surface area contributed by atoms with Crippen molar-refractivity contribution in [1.29, 1.82) is 0 Å². The maximum atomic E-state index is 12.1.